The maximum atomic E-state index is 11.4. The van der Waals surface area contributed by atoms with Crippen LogP contribution in [0.5, 0.6) is 5.75 Å². The Morgan fingerprint density at radius 2 is 2.21 bits per heavy atom. The Bertz CT molecular complexity index is 448. The van der Waals surface area contributed by atoms with Gasteiger partial charge in [0.05, 0.1) is 19.0 Å². The molecule has 1 unspecified atom stereocenters. The number of hydrogen-bond donors (Lipinski definition) is 3. The van der Waals surface area contributed by atoms with Crippen LogP contribution >= 0.6 is 0 Å². The third-order valence-electron chi connectivity index (χ3n) is 2.39. The molecule has 0 radical (unpaired) electrons. The molecule has 1 aromatic rings. The second-order valence-corrected chi connectivity index (χ2v) is 4.16. The van der Waals surface area contributed by atoms with Crippen molar-refractivity contribution in [1.29, 1.82) is 0 Å². The molecule has 0 aliphatic rings. The summed E-state index contributed by atoms with van der Waals surface area (Å²) in [6.07, 6.45) is -0.384. The molecule has 0 spiro atoms. The fourth-order valence-corrected chi connectivity index (χ4v) is 1.46. The number of carbonyl (C=O) groups is 2. The van der Waals surface area contributed by atoms with Crippen LogP contribution in [-0.2, 0) is 9.59 Å². The molecular formula is C13H18N2O4. The van der Waals surface area contributed by atoms with Gasteiger partial charge >= 0.3 is 5.97 Å². The van der Waals surface area contributed by atoms with E-state index in [1.54, 1.807) is 0 Å². The van der Waals surface area contributed by atoms with Crippen LogP contribution in [0.3, 0.4) is 0 Å². The molecule has 1 aromatic carbocycles. The highest BCUT2D eigenvalue weighted by atomic mass is 16.5. The van der Waals surface area contributed by atoms with Gasteiger partial charge < -0.3 is 20.9 Å². The standard InChI is InChI=1S/C13H18N2O4/c1-9-3-2-4-10(7-9)19-6-5-15-13(18)11(14)8-12(16)17/h2-4,7,11H,5-6,8,14H2,1H3,(H,15,18)(H,16,17). The minimum Gasteiger partial charge on any atom is -0.492 e. The van der Waals surface area contributed by atoms with E-state index < -0.39 is 17.9 Å². The number of rotatable bonds is 7. The summed E-state index contributed by atoms with van der Waals surface area (Å²) in [5, 5.41) is 11.0. The first-order valence-corrected chi connectivity index (χ1v) is 5.93. The second kappa shape index (κ2) is 7.38. The highest BCUT2D eigenvalue weighted by molar-refractivity contribution is 5.85. The van der Waals surface area contributed by atoms with E-state index in [0.29, 0.717) is 6.61 Å². The minimum atomic E-state index is -1.10. The van der Waals surface area contributed by atoms with Gasteiger partial charge in [-0.2, -0.15) is 0 Å². The van der Waals surface area contributed by atoms with Gasteiger partial charge in [-0.15, -0.1) is 0 Å². The lowest BCUT2D eigenvalue weighted by Gasteiger charge is -2.11. The highest BCUT2D eigenvalue weighted by Crippen LogP contribution is 2.11. The number of benzene rings is 1. The molecule has 1 atom stereocenters. The smallest absolute Gasteiger partial charge is 0.305 e. The lowest BCUT2D eigenvalue weighted by Crippen LogP contribution is -2.43. The van der Waals surface area contributed by atoms with Crippen molar-refractivity contribution in [1.82, 2.24) is 5.32 Å². The third-order valence-corrected chi connectivity index (χ3v) is 2.39. The first-order chi connectivity index (χ1) is 8.99. The molecule has 1 rings (SSSR count). The summed E-state index contributed by atoms with van der Waals surface area (Å²) in [5.41, 5.74) is 6.49. The maximum Gasteiger partial charge on any atom is 0.305 e. The first-order valence-electron chi connectivity index (χ1n) is 5.93. The summed E-state index contributed by atoms with van der Waals surface area (Å²) >= 11 is 0. The number of ether oxygens (including phenoxy) is 1. The van der Waals surface area contributed by atoms with Crippen LogP contribution in [0.1, 0.15) is 12.0 Å². The van der Waals surface area contributed by atoms with E-state index in [2.05, 4.69) is 5.32 Å². The van der Waals surface area contributed by atoms with E-state index in [9.17, 15) is 9.59 Å². The monoisotopic (exact) mass is 266 g/mol. The number of carbonyl (C=O) groups excluding carboxylic acids is 1. The SMILES string of the molecule is Cc1cccc(OCCNC(=O)C(N)CC(=O)O)c1. The molecule has 0 aliphatic heterocycles. The van der Waals surface area contributed by atoms with Crippen molar-refractivity contribution in [2.24, 2.45) is 5.73 Å². The summed E-state index contributed by atoms with van der Waals surface area (Å²) < 4.78 is 5.43. The van der Waals surface area contributed by atoms with Gasteiger partial charge in [0.25, 0.3) is 0 Å². The van der Waals surface area contributed by atoms with Crippen molar-refractivity contribution in [3.8, 4) is 5.75 Å². The number of amides is 1. The number of nitrogens with one attached hydrogen (secondary N) is 1. The Balaban J connectivity index is 2.23. The number of aliphatic carboxylic acids is 1. The van der Waals surface area contributed by atoms with Crippen LogP contribution in [-0.4, -0.2) is 36.2 Å². The summed E-state index contributed by atoms with van der Waals surface area (Å²) in [6, 6.07) is 6.52. The maximum absolute atomic E-state index is 11.4. The zero-order chi connectivity index (χ0) is 14.3. The van der Waals surface area contributed by atoms with E-state index in [1.807, 2.05) is 31.2 Å². The van der Waals surface area contributed by atoms with Crippen LogP contribution in [0.25, 0.3) is 0 Å². The number of nitrogens with two attached hydrogens (primary N) is 1. The number of hydrogen-bond acceptors (Lipinski definition) is 4. The summed E-state index contributed by atoms with van der Waals surface area (Å²) in [4.78, 5) is 21.8. The van der Waals surface area contributed by atoms with Crippen LogP contribution in [0.15, 0.2) is 24.3 Å². The molecule has 6 heteroatoms. The number of aryl methyl sites for hydroxylation is 1. The molecule has 0 aromatic heterocycles. The Morgan fingerprint density at radius 3 is 2.84 bits per heavy atom. The van der Waals surface area contributed by atoms with Crippen molar-refractivity contribution >= 4 is 11.9 Å². The fourth-order valence-electron chi connectivity index (χ4n) is 1.46. The van der Waals surface area contributed by atoms with Crippen molar-refractivity contribution < 1.29 is 19.4 Å². The lowest BCUT2D eigenvalue weighted by molar-refractivity contribution is -0.139. The van der Waals surface area contributed by atoms with Gasteiger partial charge in [-0.1, -0.05) is 12.1 Å². The first kappa shape index (κ1) is 15.0. The predicted molar refractivity (Wildman–Crippen MR) is 69.9 cm³/mol. The molecule has 1 amide bonds. The molecule has 4 N–H and O–H groups in total. The minimum absolute atomic E-state index is 0.278. The highest BCUT2D eigenvalue weighted by Gasteiger charge is 2.16. The lowest BCUT2D eigenvalue weighted by atomic mass is 10.2. The van der Waals surface area contributed by atoms with Crippen molar-refractivity contribution in [2.75, 3.05) is 13.2 Å². The van der Waals surface area contributed by atoms with Gasteiger partial charge in [0.1, 0.15) is 12.4 Å². The van der Waals surface area contributed by atoms with Gasteiger partial charge in [0.2, 0.25) is 5.91 Å². The molecule has 0 saturated heterocycles. The van der Waals surface area contributed by atoms with E-state index in [-0.39, 0.29) is 13.0 Å². The quantitative estimate of drug-likeness (QED) is 0.616. The molecule has 0 aliphatic carbocycles. The number of carboxylic acid groups (broad SMARTS) is 1. The van der Waals surface area contributed by atoms with E-state index >= 15 is 0 Å². The molecular weight excluding hydrogens is 248 g/mol. The Labute approximate surface area is 111 Å². The molecule has 6 nitrogen and oxygen atoms in total. The van der Waals surface area contributed by atoms with E-state index in [1.165, 1.54) is 0 Å². The fraction of sp³-hybridized carbons (Fsp3) is 0.385. The summed E-state index contributed by atoms with van der Waals surface area (Å²) in [6.45, 7) is 2.54. The van der Waals surface area contributed by atoms with Crippen LogP contribution in [0.4, 0.5) is 0 Å². The zero-order valence-electron chi connectivity index (χ0n) is 10.8. The molecule has 0 bridgehead atoms. The molecule has 104 valence electrons. The Kier molecular flexibility index (Phi) is 5.81. The second-order valence-electron chi connectivity index (χ2n) is 4.16. The summed E-state index contributed by atoms with van der Waals surface area (Å²) in [7, 11) is 0. The average Bonchev–Trinajstić information content (AvgIpc) is 2.33. The Hall–Kier alpha value is -2.08. The Morgan fingerprint density at radius 1 is 1.47 bits per heavy atom. The van der Waals surface area contributed by atoms with Crippen LogP contribution < -0.4 is 15.8 Å². The molecule has 19 heavy (non-hydrogen) atoms. The van der Waals surface area contributed by atoms with Gasteiger partial charge in [-0.3, -0.25) is 9.59 Å². The van der Waals surface area contributed by atoms with Crippen molar-refractivity contribution in [2.45, 2.75) is 19.4 Å². The van der Waals surface area contributed by atoms with E-state index in [0.717, 1.165) is 11.3 Å². The van der Waals surface area contributed by atoms with Gasteiger partial charge in [0.15, 0.2) is 0 Å². The predicted octanol–water partition coefficient (Wildman–Crippen LogP) is 0.292. The van der Waals surface area contributed by atoms with Gasteiger partial charge in [0, 0.05) is 0 Å². The van der Waals surface area contributed by atoms with E-state index in [4.69, 9.17) is 15.6 Å². The van der Waals surface area contributed by atoms with Crippen LogP contribution in [0.2, 0.25) is 0 Å². The number of carboxylic acids is 1. The van der Waals surface area contributed by atoms with Crippen LogP contribution in [0, 0.1) is 6.92 Å². The normalized spacial score (nSPS) is 11.7. The zero-order valence-corrected chi connectivity index (χ0v) is 10.8. The topological polar surface area (TPSA) is 102 Å². The average molecular weight is 266 g/mol. The molecule has 0 heterocycles. The largest absolute Gasteiger partial charge is 0.492 e. The molecule has 0 saturated carbocycles. The van der Waals surface area contributed by atoms with Crippen molar-refractivity contribution in [3.63, 3.8) is 0 Å². The molecule has 0 fully saturated rings. The summed E-state index contributed by atoms with van der Waals surface area (Å²) in [5.74, 6) is -0.863. The van der Waals surface area contributed by atoms with Gasteiger partial charge in [-0.05, 0) is 24.6 Å². The van der Waals surface area contributed by atoms with Crippen molar-refractivity contribution in [3.05, 3.63) is 29.8 Å². The third kappa shape index (κ3) is 5.87. The van der Waals surface area contributed by atoms with Gasteiger partial charge in [-0.25, -0.2) is 0 Å².